The Morgan fingerprint density at radius 3 is 3.00 bits per heavy atom. The summed E-state index contributed by atoms with van der Waals surface area (Å²) in [6.07, 6.45) is 2.34. The molecule has 7 nitrogen and oxygen atoms in total. The number of aromatic amines is 1. The molecule has 0 saturated carbocycles. The Morgan fingerprint density at radius 2 is 2.15 bits per heavy atom. The van der Waals surface area contributed by atoms with Gasteiger partial charge in [0.15, 0.2) is 0 Å². The summed E-state index contributed by atoms with van der Waals surface area (Å²) >= 11 is 1.34. The van der Waals surface area contributed by atoms with Crippen LogP contribution in [0.3, 0.4) is 0 Å². The van der Waals surface area contributed by atoms with E-state index in [2.05, 4.69) is 32.3 Å². The van der Waals surface area contributed by atoms with Crippen molar-refractivity contribution in [2.45, 2.75) is 26.2 Å². The van der Waals surface area contributed by atoms with Crippen LogP contribution in [0.1, 0.15) is 24.9 Å². The van der Waals surface area contributed by atoms with Crippen molar-refractivity contribution in [1.82, 2.24) is 24.6 Å². The predicted molar refractivity (Wildman–Crippen MR) is 99.4 cm³/mol. The molecule has 0 saturated heterocycles. The number of aryl methyl sites for hydroxylation is 1. The molecular formula is C17H17FN6OS. The number of nitrogens with one attached hydrogen (secondary N) is 2. The summed E-state index contributed by atoms with van der Waals surface area (Å²) in [7, 11) is 0. The molecular weight excluding hydrogens is 355 g/mol. The van der Waals surface area contributed by atoms with Crippen molar-refractivity contribution >= 4 is 32.5 Å². The molecule has 0 aliphatic carbocycles. The number of benzene rings is 1. The number of fused-ring (bicyclic) bond motifs is 2. The smallest absolute Gasteiger partial charge is 0.275 e. The third kappa shape index (κ3) is 3.30. The fraction of sp³-hybridized carbons (Fsp3) is 0.294. The van der Waals surface area contributed by atoms with Crippen LogP contribution in [0.2, 0.25) is 0 Å². The number of aromatic nitrogens is 5. The van der Waals surface area contributed by atoms with E-state index in [0.717, 1.165) is 29.9 Å². The lowest BCUT2D eigenvalue weighted by atomic mass is 10.2. The second-order valence-electron chi connectivity index (χ2n) is 5.96. The molecule has 0 radical (unpaired) electrons. The largest absolute Gasteiger partial charge is 0.360 e. The summed E-state index contributed by atoms with van der Waals surface area (Å²) in [6, 6.07) is 6.01. The number of imidazole rings is 1. The molecule has 0 amide bonds. The number of nitrogens with zero attached hydrogens (tertiary/aromatic N) is 4. The van der Waals surface area contributed by atoms with E-state index in [-0.39, 0.29) is 11.4 Å². The van der Waals surface area contributed by atoms with Crippen LogP contribution in [0.15, 0.2) is 29.1 Å². The monoisotopic (exact) mass is 372 g/mol. The average Bonchev–Trinajstić information content (AvgIpc) is 3.18. The number of hydrogen-bond acceptors (Lipinski definition) is 6. The van der Waals surface area contributed by atoms with Crippen molar-refractivity contribution in [3.63, 3.8) is 0 Å². The number of H-pyrrole nitrogens is 1. The van der Waals surface area contributed by atoms with Crippen molar-refractivity contribution in [1.29, 1.82) is 0 Å². The molecule has 0 fully saturated rings. The highest BCUT2D eigenvalue weighted by molar-refractivity contribution is 7.20. The van der Waals surface area contributed by atoms with Gasteiger partial charge in [0.05, 0.1) is 11.0 Å². The standard InChI is InChI=1S/C17H17FN6OS/c1-2-3-11-9-15(25)24-17(20-11)26-16(23-24)19-7-6-14-21-12-5-4-10(18)8-13(12)22-14/h4-5,8-9H,2-3,6-7H2,1H3,(H,19,23)(H,21,22). The van der Waals surface area contributed by atoms with Crippen molar-refractivity contribution < 1.29 is 4.39 Å². The quantitative estimate of drug-likeness (QED) is 0.543. The van der Waals surface area contributed by atoms with Gasteiger partial charge in [0.25, 0.3) is 5.56 Å². The number of hydrogen-bond donors (Lipinski definition) is 2. The zero-order chi connectivity index (χ0) is 18.1. The summed E-state index contributed by atoms with van der Waals surface area (Å²) in [5.41, 5.74) is 2.05. The van der Waals surface area contributed by atoms with E-state index < -0.39 is 0 Å². The Bertz CT molecular complexity index is 1130. The van der Waals surface area contributed by atoms with E-state index in [9.17, 15) is 9.18 Å². The molecule has 0 spiro atoms. The first kappa shape index (κ1) is 16.6. The van der Waals surface area contributed by atoms with Crippen LogP contribution in [0.4, 0.5) is 9.52 Å². The summed E-state index contributed by atoms with van der Waals surface area (Å²) in [6.45, 7) is 2.63. The Labute approximate surface area is 151 Å². The van der Waals surface area contributed by atoms with Crippen LogP contribution in [-0.2, 0) is 12.8 Å². The number of anilines is 1. The molecule has 134 valence electrons. The second-order valence-corrected chi connectivity index (χ2v) is 6.92. The lowest BCUT2D eigenvalue weighted by Crippen LogP contribution is -2.15. The minimum atomic E-state index is -0.291. The van der Waals surface area contributed by atoms with E-state index in [1.54, 1.807) is 6.07 Å². The summed E-state index contributed by atoms with van der Waals surface area (Å²) in [4.78, 5) is 24.7. The van der Waals surface area contributed by atoms with Gasteiger partial charge >= 0.3 is 0 Å². The Kier molecular flexibility index (Phi) is 4.37. The topological polar surface area (TPSA) is 88.0 Å². The molecule has 4 aromatic rings. The van der Waals surface area contributed by atoms with Crippen molar-refractivity contribution in [3.05, 3.63) is 52.0 Å². The first-order valence-corrected chi connectivity index (χ1v) is 9.22. The molecule has 0 bridgehead atoms. The number of rotatable bonds is 6. The van der Waals surface area contributed by atoms with Crippen molar-refractivity contribution in [2.75, 3.05) is 11.9 Å². The van der Waals surface area contributed by atoms with Gasteiger partial charge in [-0.3, -0.25) is 4.79 Å². The summed E-state index contributed by atoms with van der Waals surface area (Å²) < 4.78 is 14.5. The normalized spacial score (nSPS) is 11.5. The molecule has 4 rings (SSSR count). The molecule has 0 aliphatic heterocycles. The van der Waals surface area contributed by atoms with Crippen LogP contribution in [0.25, 0.3) is 16.0 Å². The van der Waals surface area contributed by atoms with Crippen LogP contribution in [0.5, 0.6) is 0 Å². The van der Waals surface area contributed by atoms with Crippen LogP contribution in [-0.4, -0.2) is 31.1 Å². The second kappa shape index (κ2) is 6.83. The minimum Gasteiger partial charge on any atom is -0.360 e. The van der Waals surface area contributed by atoms with Gasteiger partial charge in [0.1, 0.15) is 11.6 Å². The van der Waals surface area contributed by atoms with Gasteiger partial charge in [0, 0.05) is 24.7 Å². The highest BCUT2D eigenvalue weighted by Crippen LogP contribution is 2.17. The molecule has 26 heavy (non-hydrogen) atoms. The SMILES string of the molecule is CCCc1cc(=O)n2nc(NCCc3nc4ccc(F)cc4[nH]3)sc2n1. The van der Waals surface area contributed by atoms with Gasteiger partial charge in [-0.1, -0.05) is 24.7 Å². The van der Waals surface area contributed by atoms with Gasteiger partial charge in [-0.2, -0.15) is 4.52 Å². The first-order chi connectivity index (χ1) is 12.6. The average molecular weight is 372 g/mol. The molecule has 1 aromatic carbocycles. The number of halogens is 1. The van der Waals surface area contributed by atoms with E-state index >= 15 is 0 Å². The van der Waals surface area contributed by atoms with Gasteiger partial charge in [0.2, 0.25) is 10.1 Å². The highest BCUT2D eigenvalue weighted by Gasteiger charge is 2.09. The molecule has 0 aliphatic rings. The zero-order valence-electron chi connectivity index (χ0n) is 14.1. The minimum absolute atomic E-state index is 0.165. The predicted octanol–water partition coefficient (Wildman–Crippen LogP) is 2.77. The van der Waals surface area contributed by atoms with Gasteiger partial charge < -0.3 is 10.3 Å². The van der Waals surface area contributed by atoms with E-state index in [1.165, 1.54) is 34.1 Å². The lowest BCUT2D eigenvalue weighted by Gasteiger charge is -1.98. The Balaban J connectivity index is 1.46. The molecule has 0 atom stereocenters. The van der Waals surface area contributed by atoms with Crippen molar-refractivity contribution in [3.8, 4) is 0 Å². The molecule has 9 heteroatoms. The first-order valence-electron chi connectivity index (χ1n) is 8.40. The maximum Gasteiger partial charge on any atom is 0.275 e. The molecule has 0 unspecified atom stereocenters. The fourth-order valence-corrected chi connectivity index (χ4v) is 3.60. The van der Waals surface area contributed by atoms with Gasteiger partial charge in [-0.05, 0) is 24.6 Å². The molecule has 3 aromatic heterocycles. The highest BCUT2D eigenvalue weighted by atomic mass is 32.1. The third-order valence-corrected chi connectivity index (χ3v) is 4.80. The van der Waals surface area contributed by atoms with Crippen LogP contribution in [0, 0.1) is 5.82 Å². The summed E-state index contributed by atoms with van der Waals surface area (Å²) in [5, 5.41) is 8.09. The van der Waals surface area contributed by atoms with Crippen molar-refractivity contribution in [2.24, 2.45) is 0 Å². The Morgan fingerprint density at radius 1 is 1.27 bits per heavy atom. The van der Waals surface area contributed by atoms with Gasteiger partial charge in [-0.25, -0.2) is 14.4 Å². The molecule has 2 N–H and O–H groups in total. The van der Waals surface area contributed by atoms with E-state index in [1.807, 2.05) is 0 Å². The zero-order valence-corrected chi connectivity index (χ0v) is 14.9. The van der Waals surface area contributed by atoms with E-state index in [4.69, 9.17) is 0 Å². The maximum absolute atomic E-state index is 13.2. The lowest BCUT2D eigenvalue weighted by molar-refractivity contribution is 0.629. The fourth-order valence-electron chi connectivity index (χ4n) is 2.75. The summed E-state index contributed by atoms with van der Waals surface area (Å²) in [5.74, 6) is 0.473. The maximum atomic E-state index is 13.2. The third-order valence-electron chi connectivity index (χ3n) is 3.94. The Hall–Kier alpha value is -2.81. The van der Waals surface area contributed by atoms with Crippen LogP contribution < -0.4 is 10.9 Å². The van der Waals surface area contributed by atoms with E-state index in [0.29, 0.717) is 28.6 Å². The van der Waals surface area contributed by atoms with Gasteiger partial charge in [-0.15, -0.1) is 5.10 Å². The van der Waals surface area contributed by atoms with Crippen LogP contribution >= 0.6 is 11.3 Å². The molecule has 3 heterocycles.